The average molecular weight is 449 g/mol. The molecular weight excluding hydrogens is 426 g/mol. The maximum atomic E-state index is 13.4. The largest absolute Gasteiger partial charge is 0.419 e. The Morgan fingerprint density at radius 2 is 1.84 bits per heavy atom. The molecule has 0 saturated carbocycles. The van der Waals surface area contributed by atoms with Crippen molar-refractivity contribution in [1.29, 1.82) is 0 Å². The normalized spacial score (nSPS) is 17.6. The van der Waals surface area contributed by atoms with Crippen LogP contribution in [0, 0.1) is 5.82 Å². The molecule has 1 saturated heterocycles. The van der Waals surface area contributed by atoms with E-state index in [9.17, 15) is 27.2 Å². The molecule has 2 N–H and O–H groups in total. The van der Waals surface area contributed by atoms with E-state index in [1.165, 1.54) is 0 Å². The number of anilines is 1. The summed E-state index contributed by atoms with van der Waals surface area (Å²) in [6, 6.07) is 8.19. The topological polar surface area (TPSA) is 61.4 Å². The van der Waals surface area contributed by atoms with Crippen LogP contribution in [0.4, 0.5) is 23.2 Å². The van der Waals surface area contributed by atoms with Gasteiger partial charge in [0.2, 0.25) is 5.91 Å². The highest BCUT2D eigenvalue weighted by Crippen LogP contribution is 2.32. The Morgan fingerprint density at radius 3 is 2.56 bits per heavy atom. The SMILES string of the molecule is O=C1CCc2ccc(CN3CCC(NC(=O)c4ccc(F)c(C(F)(F)F)c4)CC3)cc2N1. The highest BCUT2D eigenvalue weighted by Gasteiger charge is 2.35. The minimum Gasteiger partial charge on any atom is -0.349 e. The van der Waals surface area contributed by atoms with Gasteiger partial charge in [-0.3, -0.25) is 14.5 Å². The van der Waals surface area contributed by atoms with E-state index in [2.05, 4.69) is 21.6 Å². The number of carbonyl (C=O) groups excluding carboxylic acids is 2. The molecular formula is C23H23F4N3O2. The van der Waals surface area contributed by atoms with Crippen molar-refractivity contribution < 1.29 is 27.2 Å². The molecule has 1 fully saturated rings. The van der Waals surface area contributed by atoms with E-state index in [1.54, 1.807) is 0 Å². The lowest BCUT2D eigenvalue weighted by molar-refractivity contribution is -0.140. The highest BCUT2D eigenvalue weighted by molar-refractivity contribution is 5.95. The molecule has 0 radical (unpaired) electrons. The predicted octanol–water partition coefficient (Wildman–Crippen LogP) is 4.12. The van der Waals surface area contributed by atoms with Gasteiger partial charge in [-0.25, -0.2) is 4.39 Å². The number of amides is 2. The van der Waals surface area contributed by atoms with Crippen molar-refractivity contribution in [2.75, 3.05) is 18.4 Å². The minimum absolute atomic E-state index is 0.0229. The van der Waals surface area contributed by atoms with E-state index in [0.29, 0.717) is 51.0 Å². The molecule has 2 aliphatic heterocycles. The molecule has 0 aliphatic carbocycles. The molecule has 2 amide bonds. The molecule has 170 valence electrons. The number of carbonyl (C=O) groups is 2. The monoisotopic (exact) mass is 449 g/mol. The Morgan fingerprint density at radius 1 is 1.09 bits per heavy atom. The van der Waals surface area contributed by atoms with Crippen LogP contribution in [-0.4, -0.2) is 35.8 Å². The first-order valence-electron chi connectivity index (χ1n) is 10.5. The van der Waals surface area contributed by atoms with Crippen molar-refractivity contribution in [3.05, 3.63) is 64.5 Å². The van der Waals surface area contributed by atoms with Crippen molar-refractivity contribution in [2.45, 2.75) is 44.4 Å². The fourth-order valence-electron chi connectivity index (χ4n) is 4.16. The van der Waals surface area contributed by atoms with Crippen LogP contribution in [0.3, 0.4) is 0 Å². The molecule has 2 aliphatic rings. The van der Waals surface area contributed by atoms with Crippen LogP contribution in [0.2, 0.25) is 0 Å². The second kappa shape index (κ2) is 8.90. The third kappa shape index (κ3) is 5.09. The van der Waals surface area contributed by atoms with Crippen molar-refractivity contribution >= 4 is 17.5 Å². The molecule has 5 nitrogen and oxygen atoms in total. The van der Waals surface area contributed by atoms with E-state index in [-0.39, 0.29) is 17.5 Å². The maximum absolute atomic E-state index is 13.4. The zero-order chi connectivity index (χ0) is 22.9. The summed E-state index contributed by atoms with van der Waals surface area (Å²) >= 11 is 0. The Labute approximate surface area is 182 Å². The summed E-state index contributed by atoms with van der Waals surface area (Å²) in [5.41, 5.74) is 1.42. The van der Waals surface area contributed by atoms with Crippen LogP contribution < -0.4 is 10.6 Å². The summed E-state index contributed by atoms with van der Waals surface area (Å²) in [6.45, 7) is 2.13. The number of rotatable bonds is 4. The molecule has 32 heavy (non-hydrogen) atoms. The Balaban J connectivity index is 1.31. The fraction of sp³-hybridized carbons (Fsp3) is 0.391. The lowest BCUT2D eigenvalue weighted by Gasteiger charge is -2.32. The van der Waals surface area contributed by atoms with Crippen LogP contribution in [0.1, 0.15) is 46.3 Å². The van der Waals surface area contributed by atoms with Crippen molar-refractivity contribution in [3.8, 4) is 0 Å². The zero-order valence-corrected chi connectivity index (χ0v) is 17.3. The first kappa shape index (κ1) is 22.3. The highest BCUT2D eigenvalue weighted by atomic mass is 19.4. The van der Waals surface area contributed by atoms with Gasteiger partial charge in [-0.05, 0) is 54.7 Å². The van der Waals surface area contributed by atoms with E-state index in [1.807, 2.05) is 12.1 Å². The first-order chi connectivity index (χ1) is 15.2. The second-order valence-corrected chi connectivity index (χ2v) is 8.26. The summed E-state index contributed by atoms with van der Waals surface area (Å²) < 4.78 is 52.1. The smallest absolute Gasteiger partial charge is 0.349 e. The first-order valence-corrected chi connectivity index (χ1v) is 10.5. The van der Waals surface area contributed by atoms with E-state index < -0.39 is 23.5 Å². The number of likely N-dealkylation sites (tertiary alicyclic amines) is 1. The van der Waals surface area contributed by atoms with Gasteiger partial charge < -0.3 is 10.6 Å². The quantitative estimate of drug-likeness (QED) is 0.691. The second-order valence-electron chi connectivity index (χ2n) is 8.26. The number of piperidine rings is 1. The van der Waals surface area contributed by atoms with Crippen molar-refractivity contribution in [1.82, 2.24) is 10.2 Å². The molecule has 0 unspecified atom stereocenters. The Bertz CT molecular complexity index is 1030. The number of nitrogens with one attached hydrogen (secondary N) is 2. The third-order valence-electron chi connectivity index (χ3n) is 5.93. The molecule has 0 atom stereocenters. The van der Waals surface area contributed by atoms with Crippen LogP contribution >= 0.6 is 0 Å². The van der Waals surface area contributed by atoms with Gasteiger partial charge in [0, 0.05) is 43.3 Å². The van der Waals surface area contributed by atoms with E-state index in [0.717, 1.165) is 29.3 Å². The number of halogens is 4. The van der Waals surface area contributed by atoms with Crippen LogP contribution in [-0.2, 0) is 23.9 Å². The molecule has 2 aromatic carbocycles. The summed E-state index contributed by atoms with van der Waals surface area (Å²) in [7, 11) is 0. The number of aryl methyl sites for hydroxylation is 1. The molecule has 4 rings (SSSR count). The van der Waals surface area contributed by atoms with Gasteiger partial charge >= 0.3 is 6.18 Å². The van der Waals surface area contributed by atoms with Crippen molar-refractivity contribution in [3.63, 3.8) is 0 Å². The molecule has 9 heteroatoms. The Kier molecular flexibility index (Phi) is 6.19. The summed E-state index contributed by atoms with van der Waals surface area (Å²) in [5.74, 6) is -2.02. The number of fused-ring (bicyclic) bond motifs is 1. The number of alkyl halides is 3. The maximum Gasteiger partial charge on any atom is 0.419 e. The van der Waals surface area contributed by atoms with Gasteiger partial charge in [0.1, 0.15) is 5.82 Å². The van der Waals surface area contributed by atoms with E-state index >= 15 is 0 Å². The minimum atomic E-state index is -4.86. The molecule has 0 bridgehead atoms. The van der Waals surface area contributed by atoms with Gasteiger partial charge in [-0.15, -0.1) is 0 Å². The third-order valence-corrected chi connectivity index (χ3v) is 5.93. The van der Waals surface area contributed by atoms with Crippen LogP contribution in [0.5, 0.6) is 0 Å². The summed E-state index contributed by atoms with van der Waals surface area (Å²) in [6.07, 6.45) is -2.31. The lowest BCUT2D eigenvalue weighted by atomic mass is 9.99. The number of hydrogen-bond donors (Lipinski definition) is 2. The molecule has 0 aromatic heterocycles. The number of hydrogen-bond acceptors (Lipinski definition) is 3. The summed E-state index contributed by atoms with van der Waals surface area (Å²) in [4.78, 5) is 26.2. The number of nitrogens with zero attached hydrogens (tertiary/aromatic N) is 1. The fourth-order valence-corrected chi connectivity index (χ4v) is 4.16. The molecule has 2 heterocycles. The van der Waals surface area contributed by atoms with Gasteiger partial charge in [0.05, 0.1) is 5.56 Å². The van der Waals surface area contributed by atoms with Gasteiger partial charge in [0.25, 0.3) is 5.91 Å². The number of benzene rings is 2. The predicted molar refractivity (Wildman–Crippen MR) is 111 cm³/mol. The average Bonchev–Trinajstić information content (AvgIpc) is 2.74. The van der Waals surface area contributed by atoms with Crippen molar-refractivity contribution in [2.24, 2.45) is 0 Å². The van der Waals surface area contributed by atoms with Gasteiger partial charge in [-0.1, -0.05) is 12.1 Å². The van der Waals surface area contributed by atoms with E-state index in [4.69, 9.17) is 0 Å². The summed E-state index contributed by atoms with van der Waals surface area (Å²) in [5, 5.41) is 5.66. The Hall–Kier alpha value is -2.94. The lowest BCUT2D eigenvalue weighted by Crippen LogP contribution is -2.44. The van der Waals surface area contributed by atoms with Crippen LogP contribution in [0.15, 0.2) is 36.4 Å². The van der Waals surface area contributed by atoms with Gasteiger partial charge in [-0.2, -0.15) is 13.2 Å². The zero-order valence-electron chi connectivity index (χ0n) is 17.3. The standard InChI is InChI=1S/C23H23F4N3O2/c24-19-5-3-16(12-18(19)23(25,26)27)22(32)28-17-7-9-30(10-8-17)13-14-1-2-15-4-6-21(31)29-20(15)11-14/h1-3,5,11-12,17H,4,6-10,13H2,(H,28,32)(H,29,31). The van der Waals surface area contributed by atoms with Gasteiger partial charge in [0.15, 0.2) is 0 Å². The molecule has 2 aromatic rings. The van der Waals surface area contributed by atoms with Crippen LogP contribution in [0.25, 0.3) is 0 Å². The molecule has 0 spiro atoms.